The van der Waals surface area contributed by atoms with Crippen molar-refractivity contribution >= 4 is 17.5 Å². The van der Waals surface area contributed by atoms with Gasteiger partial charge in [0.1, 0.15) is 5.75 Å². The molecule has 0 saturated carbocycles. The van der Waals surface area contributed by atoms with Crippen molar-refractivity contribution in [2.75, 3.05) is 6.61 Å². The Bertz CT molecular complexity index is 945. The Morgan fingerprint density at radius 2 is 1.69 bits per heavy atom. The lowest BCUT2D eigenvalue weighted by atomic mass is 10.1. The van der Waals surface area contributed by atoms with Gasteiger partial charge in [-0.05, 0) is 50.6 Å². The molecule has 6 heteroatoms. The minimum Gasteiger partial charge on any atom is -0.494 e. The lowest BCUT2D eigenvalue weighted by molar-refractivity contribution is 0.340. The van der Waals surface area contributed by atoms with Gasteiger partial charge in [-0.1, -0.05) is 41.6 Å². The topological polar surface area (TPSA) is 52.3 Å². The largest absolute Gasteiger partial charge is 0.494 e. The van der Waals surface area contributed by atoms with E-state index in [0.29, 0.717) is 6.61 Å². The second-order valence-electron chi connectivity index (χ2n) is 6.19. The van der Waals surface area contributed by atoms with Gasteiger partial charge in [0.25, 0.3) is 0 Å². The molecular formula is C20H20N4OS. The van der Waals surface area contributed by atoms with Crippen molar-refractivity contribution in [2.45, 2.75) is 31.2 Å². The Kier molecular flexibility index (Phi) is 4.51. The van der Waals surface area contributed by atoms with Crippen LogP contribution in [0.15, 0.2) is 58.8 Å². The van der Waals surface area contributed by atoms with Crippen LogP contribution in [0.5, 0.6) is 5.75 Å². The Morgan fingerprint density at radius 3 is 2.38 bits per heavy atom. The fraction of sp³-hybridized carbons (Fsp3) is 0.250. The van der Waals surface area contributed by atoms with Crippen molar-refractivity contribution in [3.8, 4) is 17.1 Å². The number of hydrogen-bond acceptors (Lipinski definition) is 5. The second kappa shape index (κ2) is 6.96. The fourth-order valence-electron chi connectivity index (χ4n) is 2.90. The SMILES string of the molecule is CCOc1ccc(-c2nnc3n2N=C(c2ccc(C)cc2)[C@H](C)S3)cc1. The molecule has 1 aliphatic rings. The number of aryl methyl sites for hydroxylation is 1. The Morgan fingerprint density at radius 1 is 1.00 bits per heavy atom. The number of ether oxygens (including phenoxy) is 1. The molecule has 5 nitrogen and oxygen atoms in total. The molecule has 0 spiro atoms. The van der Waals surface area contributed by atoms with E-state index >= 15 is 0 Å². The summed E-state index contributed by atoms with van der Waals surface area (Å²) in [5, 5.41) is 14.6. The number of rotatable bonds is 4. The van der Waals surface area contributed by atoms with Crippen LogP contribution in [0.25, 0.3) is 11.4 Å². The molecule has 0 unspecified atom stereocenters. The van der Waals surface area contributed by atoms with Crippen molar-refractivity contribution < 1.29 is 4.74 Å². The molecule has 0 aliphatic carbocycles. The summed E-state index contributed by atoms with van der Waals surface area (Å²) in [6.45, 7) is 6.87. The zero-order chi connectivity index (χ0) is 18.1. The number of hydrogen-bond donors (Lipinski definition) is 0. The third-order valence-corrected chi connectivity index (χ3v) is 5.30. The van der Waals surface area contributed by atoms with Gasteiger partial charge in [-0.25, -0.2) is 0 Å². The molecule has 2 heterocycles. The van der Waals surface area contributed by atoms with Gasteiger partial charge < -0.3 is 4.74 Å². The minimum absolute atomic E-state index is 0.225. The highest BCUT2D eigenvalue weighted by Gasteiger charge is 2.26. The summed E-state index contributed by atoms with van der Waals surface area (Å²) in [6.07, 6.45) is 0. The minimum atomic E-state index is 0.225. The summed E-state index contributed by atoms with van der Waals surface area (Å²) < 4.78 is 7.36. The quantitative estimate of drug-likeness (QED) is 0.688. The predicted molar refractivity (Wildman–Crippen MR) is 105 cm³/mol. The van der Waals surface area contributed by atoms with Crippen LogP contribution in [0, 0.1) is 6.92 Å². The molecule has 26 heavy (non-hydrogen) atoms. The number of fused-ring (bicyclic) bond motifs is 1. The summed E-state index contributed by atoms with van der Waals surface area (Å²) in [4.78, 5) is 0. The monoisotopic (exact) mass is 364 g/mol. The molecular weight excluding hydrogens is 344 g/mol. The van der Waals surface area contributed by atoms with Gasteiger partial charge in [0, 0.05) is 5.56 Å². The van der Waals surface area contributed by atoms with Crippen LogP contribution in [0.2, 0.25) is 0 Å². The standard InChI is InChI=1S/C20H20N4OS/c1-4-25-17-11-9-16(10-12-17)19-21-22-20-24(19)23-18(14(3)26-20)15-7-5-13(2)6-8-15/h5-12,14H,4H2,1-3H3/t14-/m0/s1. The molecule has 0 bridgehead atoms. The van der Waals surface area contributed by atoms with Gasteiger partial charge in [0.2, 0.25) is 5.16 Å². The lowest BCUT2D eigenvalue weighted by Gasteiger charge is -2.20. The van der Waals surface area contributed by atoms with E-state index < -0.39 is 0 Å². The first-order chi connectivity index (χ1) is 12.7. The molecule has 0 amide bonds. The van der Waals surface area contributed by atoms with Crippen LogP contribution in [-0.4, -0.2) is 32.4 Å². The van der Waals surface area contributed by atoms with Crippen LogP contribution < -0.4 is 4.74 Å². The summed E-state index contributed by atoms with van der Waals surface area (Å²) in [7, 11) is 0. The molecule has 2 aromatic carbocycles. The van der Waals surface area contributed by atoms with Crippen molar-refractivity contribution in [1.82, 2.24) is 14.9 Å². The normalized spacial score (nSPS) is 16.1. The third kappa shape index (κ3) is 3.12. The molecule has 0 fully saturated rings. The van der Waals surface area contributed by atoms with Gasteiger partial charge in [-0.3, -0.25) is 0 Å². The Hall–Kier alpha value is -2.60. The van der Waals surface area contributed by atoms with Gasteiger partial charge in [0.05, 0.1) is 17.6 Å². The van der Waals surface area contributed by atoms with Gasteiger partial charge in [-0.2, -0.15) is 9.78 Å². The van der Waals surface area contributed by atoms with Crippen molar-refractivity contribution in [3.63, 3.8) is 0 Å². The van der Waals surface area contributed by atoms with E-state index in [-0.39, 0.29) is 5.25 Å². The maximum Gasteiger partial charge on any atom is 0.213 e. The van der Waals surface area contributed by atoms with Crippen molar-refractivity contribution in [1.29, 1.82) is 0 Å². The summed E-state index contributed by atoms with van der Waals surface area (Å²) >= 11 is 1.68. The van der Waals surface area contributed by atoms with E-state index in [1.807, 2.05) is 35.9 Å². The van der Waals surface area contributed by atoms with Crippen LogP contribution in [-0.2, 0) is 0 Å². The first kappa shape index (κ1) is 16.8. The van der Waals surface area contributed by atoms with Gasteiger partial charge in [0.15, 0.2) is 5.82 Å². The van der Waals surface area contributed by atoms with Crippen molar-refractivity contribution in [3.05, 3.63) is 59.7 Å². The van der Waals surface area contributed by atoms with Crippen molar-refractivity contribution in [2.24, 2.45) is 5.10 Å². The second-order valence-corrected chi connectivity index (χ2v) is 7.49. The maximum atomic E-state index is 5.51. The van der Waals surface area contributed by atoms with E-state index in [9.17, 15) is 0 Å². The lowest BCUT2D eigenvalue weighted by Crippen LogP contribution is -2.21. The molecule has 4 rings (SSSR count). The highest BCUT2D eigenvalue weighted by molar-refractivity contribution is 8.00. The number of aromatic nitrogens is 3. The fourth-order valence-corrected chi connectivity index (χ4v) is 3.82. The smallest absolute Gasteiger partial charge is 0.213 e. The molecule has 1 aliphatic heterocycles. The molecule has 1 aromatic heterocycles. The van der Waals surface area contributed by atoms with E-state index in [4.69, 9.17) is 9.84 Å². The average molecular weight is 364 g/mol. The Balaban J connectivity index is 1.74. The van der Waals surface area contributed by atoms with E-state index in [2.05, 4.69) is 48.3 Å². The van der Waals surface area contributed by atoms with E-state index in [1.54, 1.807) is 11.8 Å². The summed E-state index contributed by atoms with van der Waals surface area (Å²) in [5.74, 6) is 1.59. The molecule has 132 valence electrons. The zero-order valence-corrected chi connectivity index (χ0v) is 15.8. The first-order valence-corrected chi connectivity index (χ1v) is 9.55. The van der Waals surface area contributed by atoms with Gasteiger partial charge in [-0.15, -0.1) is 10.2 Å². The average Bonchev–Trinajstić information content (AvgIpc) is 3.05. The zero-order valence-electron chi connectivity index (χ0n) is 15.0. The van der Waals surface area contributed by atoms with Crippen LogP contribution >= 0.6 is 11.8 Å². The van der Waals surface area contributed by atoms with Crippen LogP contribution in [0.3, 0.4) is 0 Å². The van der Waals surface area contributed by atoms with Crippen LogP contribution in [0.4, 0.5) is 0 Å². The summed E-state index contributed by atoms with van der Waals surface area (Å²) in [6, 6.07) is 16.4. The van der Waals surface area contributed by atoms with E-state index in [1.165, 1.54) is 5.56 Å². The number of nitrogens with zero attached hydrogens (tertiary/aromatic N) is 4. The molecule has 0 radical (unpaired) electrons. The first-order valence-electron chi connectivity index (χ1n) is 8.67. The van der Waals surface area contributed by atoms with E-state index in [0.717, 1.165) is 33.6 Å². The number of benzene rings is 2. The molecule has 3 aromatic rings. The van der Waals surface area contributed by atoms with Gasteiger partial charge >= 0.3 is 0 Å². The summed E-state index contributed by atoms with van der Waals surface area (Å²) in [5.41, 5.74) is 4.38. The highest BCUT2D eigenvalue weighted by Crippen LogP contribution is 2.33. The van der Waals surface area contributed by atoms with Crippen LogP contribution in [0.1, 0.15) is 25.0 Å². The third-order valence-electron chi connectivity index (χ3n) is 4.26. The number of thioether (sulfide) groups is 1. The molecule has 0 N–H and O–H groups in total. The highest BCUT2D eigenvalue weighted by atomic mass is 32.2. The maximum absolute atomic E-state index is 5.51. The Labute approximate surface area is 157 Å². The molecule has 0 saturated heterocycles. The molecule has 1 atom stereocenters. The predicted octanol–water partition coefficient (Wildman–Crippen LogP) is 4.40.